The van der Waals surface area contributed by atoms with Crippen LogP contribution in [0.15, 0.2) is 53.6 Å². The van der Waals surface area contributed by atoms with Crippen LogP contribution < -0.4 is 14.8 Å². The van der Waals surface area contributed by atoms with Crippen LogP contribution in [0.25, 0.3) is 6.08 Å². The number of rotatable bonds is 9. The number of ether oxygens (including phenoxy) is 5. The van der Waals surface area contributed by atoms with E-state index in [1.165, 1.54) is 43.3 Å². The number of hydrogen-bond donors (Lipinski definition) is 7. The number of benzene rings is 2. The fraction of sp³-hybridized carbons (Fsp3) is 0.452. The zero-order chi connectivity index (χ0) is 33.3. The molecule has 2 aliphatic heterocycles. The minimum atomic E-state index is -1.51. The topological polar surface area (TPSA) is 197 Å². The van der Waals surface area contributed by atoms with Crippen molar-refractivity contribution in [2.45, 2.75) is 75.0 Å². The van der Waals surface area contributed by atoms with Gasteiger partial charge in [0.05, 0.1) is 11.1 Å². The number of aliphatic hydroxyl groups excluding tert-OH is 5. The van der Waals surface area contributed by atoms with Gasteiger partial charge in [-0.05, 0) is 67.5 Å². The number of phenols is 1. The first-order valence-electron chi connectivity index (χ1n) is 14.4. The predicted octanol–water partition coefficient (Wildman–Crippen LogP) is 0.761. The molecule has 15 heteroatoms. The summed E-state index contributed by atoms with van der Waals surface area (Å²) < 4.78 is 40.6. The Morgan fingerprint density at radius 3 is 2.37 bits per heavy atom. The molecule has 13 nitrogen and oxygen atoms in total. The minimum Gasteiger partial charge on any atom is -0.504 e. The Morgan fingerprint density at radius 1 is 0.978 bits per heavy atom. The van der Waals surface area contributed by atoms with Gasteiger partial charge in [-0.2, -0.15) is 0 Å². The van der Waals surface area contributed by atoms with Crippen molar-refractivity contribution in [1.82, 2.24) is 5.32 Å². The van der Waals surface area contributed by atoms with Gasteiger partial charge in [-0.15, -0.1) is 0 Å². The zero-order valence-corrected chi connectivity index (χ0v) is 25.5. The smallest absolute Gasteiger partial charge is 0.247 e. The van der Waals surface area contributed by atoms with Crippen LogP contribution in [0.2, 0.25) is 5.02 Å². The van der Waals surface area contributed by atoms with Crippen molar-refractivity contribution < 1.29 is 63.5 Å². The van der Waals surface area contributed by atoms with E-state index in [9.17, 15) is 39.8 Å². The molecule has 250 valence electrons. The molecule has 46 heavy (non-hydrogen) atoms. The summed E-state index contributed by atoms with van der Waals surface area (Å²) in [6, 6.07) is 6.68. The average molecular weight is 668 g/mol. The molecular weight excluding hydrogens is 633 g/mol. The summed E-state index contributed by atoms with van der Waals surface area (Å²) in [6.07, 6.45) is -8.14. The van der Waals surface area contributed by atoms with Gasteiger partial charge in [0.15, 0.2) is 11.5 Å². The lowest BCUT2D eigenvalue weighted by Gasteiger charge is -2.41. The maximum absolute atomic E-state index is 13.2. The van der Waals surface area contributed by atoms with Crippen LogP contribution in [-0.2, 0) is 19.0 Å². The lowest BCUT2D eigenvalue weighted by Crippen LogP contribution is -2.67. The highest BCUT2D eigenvalue weighted by molar-refractivity contribution is 6.32. The maximum Gasteiger partial charge on any atom is 0.247 e. The number of carbonyl (C=O) groups excluding carboxylic acids is 1. The first-order chi connectivity index (χ1) is 21.8. The van der Waals surface area contributed by atoms with E-state index in [1.807, 2.05) is 0 Å². The molecule has 0 radical (unpaired) electrons. The second-order valence-electron chi connectivity index (χ2n) is 11.3. The second kappa shape index (κ2) is 14.2. The molecule has 1 aliphatic carbocycles. The van der Waals surface area contributed by atoms with E-state index in [0.717, 1.165) is 6.07 Å². The van der Waals surface area contributed by atoms with E-state index in [-0.39, 0.29) is 41.2 Å². The lowest BCUT2D eigenvalue weighted by molar-refractivity contribution is -0.155. The van der Waals surface area contributed by atoms with Crippen LogP contribution in [0, 0.1) is 5.82 Å². The number of fused-ring (bicyclic) bond motifs is 1. The predicted molar refractivity (Wildman–Crippen MR) is 158 cm³/mol. The van der Waals surface area contributed by atoms with Crippen molar-refractivity contribution >= 4 is 23.6 Å². The first-order valence-corrected chi connectivity index (χ1v) is 14.8. The van der Waals surface area contributed by atoms with Gasteiger partial charge >= 0.3 is 0 Å². The molecule has 2 heterocycles. The van der Waals surface area contributed by atoms with Gasteiger partial charge in [-0.25, -0.2) is 4.39 Å². The summed E-state index contributed by atoms with van der Waals surface area (Å²) in [5.41, 5.74) is 1.06. The third kappa shape index (κ3) is 7.15. The van der Waals surface area contributed by atoms with E-state index in [0.29, 0.717) is 11.1 Å². The molecule has 10 atom stereocenters. The molecule has 0 aromatic heterocycles. The summed E-state index contributed by atoms with van der Waals surface area (Å²) in [4.78, 5) is 12.9. The lowest BCUT2D eigenvalue weighted by atomic mass is 9.83. The van der Waals surface area contributed by atoms with Crippen molar-refractivity contribution in [3.63, 3.8) is 0 Å². The highest BCUT2D eigenvalue weighted by Gasteiger charge is 2.53. The Balaban J connectivity index is 1.18. The number of phenolic OH excluding ortho intramolecular Hbond substituents is 1. The highest BCUT2D eigenvalue weighted by Crippen LogP contribution is 2.34. The van der Waals surface area contributed by atoms with Gasteiger partial charge in [-0.3, -0.25) is 4.79 Å². The maximum atomic E-state index is 13.2. The molecule has 2 aromatic carbocycles. The third-order valence-electron chi connectivity index (χ3n) is 8.08. The fourth-order valence-corrected chi connectivity index (χ4v) is 5.70. The molecule has 0 bridgehead atoms. The van der Waals surface area contributed by atoms with Crippen LogP contribution in [0.4, 0.5) is 4.39 Å². The molecule has 3 aliphatic rings. The number of halogens is 2. The number of aromatic hydroxyl groups is 1. The fourth-order valence-electron chi connectivity index (χ4n) is 5.48. The molecule has 2 aromatic rings. The van der Waals surface area contributed by atoms with Gasteiger partial charge in [0.25, 0.3) is 0 Å². The number of nitrogens with one attached hydrogen (secondary N) is 1. The summed E-state index contributed by atoms with van der Waals surface area (Å²) in [5, 5.41) is 65.7. The number of hydrogen-bond acceptors (Lipinski definition) is 12. The summed E-state index contributed by atoms with van der Waals surface area (Å²) in [7, 11) is 0. The van der Waals surface area contributed by atoms with Crippen molar-refractivity contribution in [2.75, 3.05) is 13.4 Å². The van der Waals surface area contributed by atoms with E-state index in [4.69, 9.17) is 35.3 Å². The monoisotopic (exact) mass is 667 g/mol. The van der Waals surface area contributed by atoms with E-state index in [1.54, 1.807) is 13.0 Å². The van der Waals surface area contributed by atoms with Crippen LogP contribution in [0.5, 0.6) is 17.2 Å². The van der Waals surface area contributed by atoms with Gasteiger partial charge in [-0.1, -0.05) is 17.7 Å². The largest absolute Gasteiger partial charge is 0.504 e. The average Bonchev–Trinajstić information content (AvgIpc) is 3.62. The Kier molecular flexibility index (Phi) is 10.5. The number of aliphatic hydroxyl groups is 5. The van der Waals surface area contributed by atoms with Gasteiger partial charge in [0.2, 0.25) is 12.2 Å². The normalized spacial score (nSPS) is 33.1. The molecule has 2 saturated heterocycles. The Labute approximate surface area is 268 Å². The standard InChI is InChI=1S/C31H35ClFNO12/c1-13(7-8-42-19-6-4-16(33)11-17(19)32)27-25(39)26(40)31(46-27)45-20-5-3-15(10-18(20)35)9-14(2)30(41)34-21-22(36)24(38)29-28(23(21)37)43-12-44-29/h3-7,9-11,21-29,31,35-40H,8,12H2,1-2H3,(H,34,41)/b13-7-,14-9+/t21-,22+,23-,24-,25+,26+,27-,28+,29-,31-/m1/s1. The molecule has 0 spiro atoms. The van der Waals surface area contributed by atoms with Gasteiger partial charge < -0.3 is 59.6 Å². The van der Waals surface area contributed by atoms with E-state index >= 15 is 0 Å². The summed E-state index contributed by atoms with van der Waals surface area (Å²) in [5.74, 6) is -1.30. The molecular formula is C31H35ClFNO12. The minimum absolute atomic E-state index is 0.0206. The molecule has 1 amide bonds. The van der Waals surface area contributed by atoms with Crippen molar-refractivity contribution in [2.24, 2.45) is 0 Å². The van der Waals surface area contributed by atoms with Crippen molar-refractivity contribution in [1.29, 1.82) is 0 Å². The molecule has 3 fully saturated rings. The number of carbonyl (C=O) groups is 1. The Hall–Kier alpha value is -3.31. The van der Waals surface area contributed by atoms with Crippen LogP contribution in [0.1, 0.15) is 19.4 Å². The third-order valence-corrected chi connectivity index (χ3v) is 8.37. The van der Waals surface area contributed by atoms with Crippen LogP contribution in [-0.4, -0.2) is 111 Å². The van der Waals surface area contributed by atoms with Crippen molar-refractivity contribution in [3.05, 3.63) is 70.0 Å². The molecule has 0 unspecified atom stereocenters. The van der Waals surface area contributed by atoms with E-state index < -0.39 is 72.9 Å². The van der Waals surface area contributed by atoms with Gasteiger partial charge in [0, 0.05) is 5.57 Å². The van der Waals surface area contributed by atoms with Crippen molar-refractivity contribution in [3.8, 4) is 17.2 Å². The molecule has 7 N–H and O–H groups in total. The van der Waals surface area contributed by atoms with Gasteiger partial charge in [0.1, 0.15) is 73.8 Å². The Morgan fingerprint density at radius 2 is 1.67 bits per heavy atom. The Bertz CT molecular complexity index is 1490. The summed E-state index contributed by atoms with van der Waals surface area (Å²) >= 11 is 5.96. The second-order valence-corrected chi connectivity index (χ2v) is 11.7. The quantitative estimate of drug-likeness (QED) is 0.147. The molecule has 5 rings (SSSR count). The molecule has 1 saturated carbocycles. The van der Waals surface area contributed by atoms with Crippen LogP contribution >= 0.6 is 11.6 Å². The SMILES string of the molecule is C/C(=C/COc1ccc(F)cc1Cl)[C@H]1O[C@@H](Oc2ccc(/C=C(\C)C(=O)N[C@@H]3[C@H](O)[C@@H](O)[C@H]4OCO[C@H]4[C@@H]3O)cc2O)[C@@H](O)[C@@H]1O. The van der Waals surface area contributed by atoms with E-state index in [2.05, 4.69) is 5.32 Å². The first kappa shape index (κ1) is 34.0. The van der Waals surface area contributed by atoms with Crippen LogP contribution in [0.3, 0.4) is 0 Å². The highest BCUT2D eigenvalue weighted by atomic mass is 35.5. The summed E-state index contributed by atoms with van der Waals surface area (Å²) in [6.45, 7) is 2.99. The number of amides is 1. The zero-order valence-electron chi connectivity index (χ0n) is 24.7.